The maximum atomic E-state index is 13.3. The minimum Gasteiger partial charge on any atom is -0.469 e. The molecule has 2 aliphatic rings. The van der Waals surface area contributed by atoms with Crippen molar-refractivity contribution in [2.45, 2.75) is 16.2 Å². The van der Waals surface area contributed by atoms with E-state index in [4.69, 9.17) is 16.0 Å². The highest BCUT2D eigenvalue weighted by Crippen LogP contribution is 2.53. The molecule has 2 amide bonds. The number of imide groups is 1. The van der Waals surface area contributed by atoms with E-state index in [0.29, 0.717) is 21.5 Å². The monoisotopic (exact) mass is 418 g/mol. The van der Waals surface area contributed by atoms with Crippen molar-refractivity contribution in [3.05, 3.63) is 68.0 Å². The number of carbonyl (C=O) groups is 2. The summed E-state index contributed by atoms with van der Waals surface area (Å²) < 4.78 is 5.57. The second kappa shape index (κ2) is 6.12. The number of aromatic amines is 1. The Labute approximate surface area is 166 Å². The zero-order chi connectivity index (χ0) is 18.7. The number of benzene rings is 1. The molecule has 0 bridgehead atoms. The predicted molar refractivity (Wildman–Crippen MR) is 103 cm³/mol. The first-order valence-electron chi connectivity index (χ1n) is 8.11. The predicted octanol–water partition coefficient (Wildman–Crippen LogP) is 3.48. The molecule has 1 N–H and O–H groups in total. The first-order valence-corrected chi connectivity index (χ1v) is 10.2. The number of halogens is 1. The Morgan fingerprint density at radius 2 is 1.85 bits per heavy atom. The van der Waals surface area contributed by atoms with Gasteiger partial charge in [-0.1, -0.05) is 34.7 Å². The molecule has 3 aromatic rings. The Morgan fingerprint density at radius 3 is 2.56 bits per heavy atom. The summed E-state index contributed by atoms with van der Waals surface area (Å²) in [5, 5.41) is 0.533. The number of furan rings is 1. The molecule has 2 aliphatic heterocycles. The van der Waals surface area contributed by atoms with E-state index in [0.717, 1.165) is 16.2 Å². The number of hydrogen-bond donors (Lipinski definition) is 1. The number of nitrogens with zero attached hydrogens (tertiary/aromatic N) is 1. The maximum absolute atomic E-state index is 13.3. The minimum absolute atomic E-state index is 0.210. The zero-order valence-electron chi connectivity index (χ0n) is 13.5. The van der Waals surface area contributed by atoms with Crippen LogP contribution >= 0.6 is 34.7 Å². The van der Waals surface area contributed by atoms with Crippen LogP contribution in [-0.2, 0) is 9.59 Å². The van der Waals surface area contributed by atoms with Gasteiger partial charge in [-0.3, -0.25) is 14.4 Å². The van der Waals surface area contributed by atoms with Gasteiger partial charge in [-0.15, -0.1) is 0 Å². The maximum Gasteiger partial charge on any atom is 0.305 e. The minimum atomic E-state index is -0.636. The molecule has 136 valence electrons. The molecule has 0 aliphatic carbocycles. The number of hydrogen-bond acceptors (Lipinski definition) is 6. The Bertz CT molecular complexity index is 1100. The Hall–Kier alpha value is -2.29. The summed E-state index contributed by atoms with van der Waals surface area (Å²) in [5.74, 6) is -1.14. The third-order valence-corrected chi connectivity index (χ3v) is 7.41. The average molecular weight is 419 g/mol. The molecule has 2 unspecified atom stereocenters. The van der Waals surface area contributed by atoms with Crippen LogP contribution in [-0.4, -0.2) is 22.0 Å². The van der Waals surface area contributed by atoms with Crippen LogP contribution in [0.4, 0.5) is 5.69 Å². The summed E-state index contributed by atoms with van der Waals surface area (Å²) in [6.07, 6.45) is 1.53. The SMILES string of the molecule is O=C1C2Sc3[nH]c(=O)sc3[C@H](c3ccco3)C2C(=O)N1c1ccc(Cl)cc1. The van der Waals surface area contributed by atoms with E-state index in [1.807, 2.05) is 0 Å². The molecule has 0 spiro atoms. The third kappa shape index (κ3) is 2.51. The third-order valence-electron chi connectivity index (χ3n) is 4.76. The second-order valence-electron chi connectivity index (χ2n) is 6.25. The molecule has 0 saturated carbocycles. The van der Waals surface area contributed by atoms with E-state index in [1.54, 1.807) is 36.4 Å². The van der Waals surface area contributed by atoms with Gasteiger partial charge in [0.25, 0.3) is 0 Å². The number of H-pyrrole nitrogens is 1. The van der Waals surface area contributed by atoms with Gasteiger partial charge in [0.15, 0.2) is 0 Å². The van der Waals surface area contributed by atoms with Crippen molar-refractivity contribution in [3.63, 3.8) is 0 Å². The van der Waals surface area contributed by atoms with E-state index in [-0.39, 0.29) is 16.7 Å². The number of thioether (sulfide) groups is 1. The summed E-state index contributed by atoms with van der Waals surface area (Å²) in [4.78, 5) is 42.8. The van der Waals surface area contributed by atoms with Crippen LogP contribution in [0, 0.1) is 5.92 Å². The molecule has 1 saturated heterocycles. The van der Waals surface area contributed by atoms with Crippen molar-refractivity contribution in [3.8, 4) is 0 Å². The summed E-state index contributed by atoms with van der Waals surface area (Å²) >= 11 is 8.22. The molecular weight excluding hydrogens is 408 g/mol. The fourth-order valence-electron chi connectivity index (χ4n) is 3.64. The molecular formula is C18H11ClN2O4S2. The van der Waals surface area contributed by atoms with Crippen LogP contribution in [0.5, 0.6) is 0 Å². The fraction of sp³-hybridized carbons (Fsp3) is 0.167. The number of carbonyl (C=O) groups excluding carboxylic acids is 2. The van der Waals surface area contributed by atoms with E-state index < -0.39 is 17.1 Å². The Balaban J connectivity index is 1.64. The standard InChI is InChI=1S/C18H11ClN2O4S2/c19-8-3-5-9(6-4-8)21-16(22)12-11(10-2-1-7-25-10)13-15(20-18(24)27-13)26-14(12)17(21)23/h1-7,11-12,14H,(H,20,24)/t11-,12?,14?/m1/s1. The van der Waals surface area contributed by atoms with Crippen molar-refractivity contribution in [2.75, 3.05) is 4.90 Å². The van der Waals surface area contributed by atoms with Gasteiger partial charge < -0.3 is 9.40 Å². The van der Waals surface area contributed by atoms with Crippen molar-refractivity contribution in [2.24, 2.45) is 5.92 Å². The van der Waals surface area contributed by atoms with E-state index in [9.17, 15) is 14.4 Å². The van der Waals surface area contributed by atoms with Crippen LogP contribution in [0.15, 0.2) is 56.9 Å². The van der Waals surface area contributed by atoms with Gasteiger partial charge in [-0.25, -0.2) is 4.90 Å². The summed E-state index contributed by atoms with van der Waals surface area (Å²) in [5.41, 5.74) is 0.486. The fourth-order valence-corrected chi connectivity index (χ4v) is 6.26. The molecule has 0 radical (unpaired) electrons. The second-order valence-corrected chi connectivity index (χ2v) is 8.86. The normalized spacial score (nSPS) is 24.2. The van der Waals surface area contributed by atoms with E-state index in [2.05, 4.69) is 4.98 Å². The molecule has 5 rings (SSSR count). The molecule has 2 aromatic heterocycles. The number of nitrogens with one attached hydrogen (secondary N) is 1. The van der Waals surface area contributed by atoms with E-state index in [1.165, 1.54) is 22.9 Å². The smallest absolute Gasteiger partial charge is 0.305 e. The quantitative estimate of drug-likeness (QED) is 0.644. The van der Waals surface area contributed by atoms with Crippen LogP contribution in [0.2, 0.25) is 5.02 Å². The largest absolute Gasteiger partial charge is 0.469 e. The van der Waals surface area contributed by atoms with Crippen LogP contribution in [0.1, 0.15) is 16.6 Å². The number of fused-ring (bicyclic) bond motifs is 2. The lowest BCUT2D eigenvalue weighted by Crippen LogP contribution is -2.32. The van der Waals surface area contributed by atoms with Crippen molar-refractivity contribution >= 4 is 52.2 Å². The van der Waals surface area contributed by atoms with Crippen LogP contribution < -0.4 is 9.77 Å². The van der Waals surface area contributed by atoms with Gasteiger partial charge in [0.1, 0.15) is 11.0 Å². The van der Waals surface area contributed by atoms with Gasteiger partial charge in [-0.2, -0.15) is 0 Å². The molecule has 9 heteroatoms. The van der Waals surface area contributed by atoms with Gasteiger partial charge in [0, 0.05) is 5.02 Å². The topological polar surface area (TPSA) is 83.4 Å². The first-order chi connectivity index (χ1) is 13.0. The zero-order valence-corrected chi connectivity index (χ0v) is 15.9. The average Bonchev–Trinajstić information content (AvgIpc) is 3.34. The summed E-state index contributed by atoms with van der Waals surface area (Å²) in [7, 11) is 0. The Kier molecular flexibility index (Phi) is 3.82. The van der Waals surface area contributed by atoms with Gasteiger partial charge in [-0.05, 0) is 36.4 Å². The Morgan fingerprint density at radius 1 is 1.07 bits per heavy atom. The number of aromatic nitrogens is 1. The van der Waals surface area contributed by atoms with Gasteiger partial charge in [0.05, 0.1) is 33.7 Å². The lowest BCUT2D eigenvalue weighted by atomic mass is 9.87. The number of anilines is 1. The highest BCUT2D eigenvalue weighted by atomic mass is 35.5. The molecule has 6 nitrogen and oxygen atoms in total. The molecule has 27 heavy (non-hydrogen) atoms. The number of amides is 2. The van der Waals surface area contributed by atoms with Crippen LogP contribution in [0.25, 0.3) is 0 Å². The number of thiazole rings is 1. The molecule has 4 heterocycles. The highest BCUT2D eigenvalue weighted by molar-refractivity contribution is 8.00. The van der Waals surface area contributed by atoms with E-state index >= 15 is 0 Å². The van der Waals surface area contributed by atoms with Crippen LogP contribution in [0.3, 0.4) is 0 Å². The van der Waals surface area contributed by atoms with Crippen molar-refractivity contribution in [1.29, 1.82) is 0 Å². The summed E-state index contributed by atoms with van der Waals surface area (Å²) in [6.45, 7) is 0. The van der Waals surface area contributed by atoms with Crippen molar-refractivity contribution < 1.29 is 14.0 Å². The molecule has 1 aromatic carbocycles. The summed E-state index contributed by atoms with van der Waals surface area (Å²) in [6, 6.07) is 10.1. The van der Waals surface area contributed by atoms with Gasteiger partial charge in [0.2, 0.25) is 11.8 Å². The van der Waals surface area contributed by atoms with Crippen molar-refractivity contribution in [1.82, 2.24) is 4.98 Å². The number of rotatable bonds is 2. The first kappa shape index (κ1) is 16.9. The molecule has 3 atom stereocenters. The van der Waals surface area contributed by atoms with Gasteiger partial charge >= 0.3 is 4.87 Å². The highest BCUT2D eigenvalue weighted by Gasteiger charge is 2.57. The molecule has 1 fully saturated rings. The lowest BCUT2D eigenvalue weighted by Gasteiger charge is -2.27. The lowest BCUT2D eigenvalue weighted by molar-refractivity contribution is -0.122.